The third kappa shape index (κ3) is 2.52. The van der Waals surface area contributed by atoms with E-state index < -0.39 is 0 Å². The number of pyridine rings is 1. The van der Waals surface area contributed by atoms with E-state index in [1.54, 1.807) is 17.4 Å². The fourth-order valence-corrected chi connectivity index (χ4v) is 2.64. The van der Waals surface area contributed by atoms with Crippen molar-refractivity contribution in [2.75, 3.05) is 11.9 Å². The summed E-state index contributed by atoms with van der Waals surface area (Å²) in [6.07, 6.45) is 0. The van der Waals surface area contributed by atoms with Crippen molar-refractivity contribution in [3.05, 3.63) is 45.8 Å². The first-order valence-corrected chi connectivity index (χ1v) is 6.65. The molecule has 0 fully saturated rings. The first-order chi connectivity index (χ1) is 8.61. The molecule has 0 spiro atoms. The van der Waals surface area contributed by atoms with Crippen LogP contribution in [0.2, 0.25) is 0 Å². The molecule has 0 amide bonds. The lowest BCUT2D eigenvalue weighted by Crippen LogP contribution is -2.22. The van der Waals surface area contributed by atoms with Crippen molar-refractivity contribution < 1.29 is 0 Å². The van der Waals surface area contributed by atoms with Crippen molar-refractivity contribution in [1.82, 2.24) is 4.98 Å². The second kappa shape index (κ2) is 5.19. The van der Waals surface area contributed by atoms with Crippen molar-refractivity contribution in [2.45, 2.75) is 19.9 Å². The standard InChI is InChI=1S/C14H15N3S/c1-10-7-12(9-15)8-14(16-10)17(3)11(2)13-5-4-6-18-13/h4-8,11H,1-3H3. The quantitative estimate of drug-likeness (QED) is 0.844. The Kier molecular flexibility index (Phi) is 3.63. The number of thiophene rings is 1. The number of aryl methyl sites for hydroxylation is 1. The van der Waals surface area contributed by atoms with E-state index in [-0.39, 0.29) is 6.04 Å². The molecule has 92 valence electrons. The Bertz CT molecular complexity index is 569. The SMILES string of the molecule is Cc1cc(C#N)cc(N(C)C(C)c2cccs2)n1. The number of hydrogen-bond acceptors (Lipinski definition) is 4. The van der Waals surface area contributed by atoms with Crippen LogP contribution in [0.4, 0.5) is 5.82 Å². The van der Waals surface area contributed by atoms with Gasteiger partial charge in [0, 0.05) is 17.6 Å². The maximum Gasteiger partial charge on any atom is 0.130 e. The molecule has 0 N–H and O–H groups in total. The number of aromatic nitrogens is 1. The van der Waals surface area contributed by atoms with Crippen LogP contribution in [0.3, 0.4) is 0 Å². The summed E-state index contributed by atoms with van der Waals surface area (Å²) in [4.78, 5) is 7.88. The molecule has 4 heteroatoms. The van der Waals surface area contributed by atoms with Gasteiger partial charge in [0.05, 0.1) is 17.7 Å². The molecular formula is C14H15N3S. The van der Waals surface area contributed by atoms with E-state index in [1.807, 2.05) is 20.0 Å². The molecule has 0 bridgehead atoms. The van der Waals surface area contributed by atoms with Crippen LogP contribution in [0.1, 0.15) is 29.1 Å². The summed E-state index contributed by atoms with van der Waals surface area (Å²) < 4.78 is 0. The second-order valence-electron chi connectivity index (χ2n) is 4.27. The molecule has 0 aliphatic heterocycles. The summed E-state index contributed by atoms with van der Waals surface area (Å²) >= 11 is 1.73. The van der Waals surface area contributed by atoms with Gasteiger partial charge in [-0.3, -0.25) is 0 Å². The molecule has 1 unspecified atom stereocenters. The van der Waals surface area contributed by atoms with Gasteiger partial charge in [-0.05, 0) is 37.4 Å². The molecule has 0 aromatic carbocycles. The Hall–Kier alpha value is -1.86. The molecule has 0 saturated heterocycles. The molecule has 2 aromatic rings. The van der Waals surface area contributed by atoms with Crippen LogP contribution >= 0.6 is 11.3 Å². The highest BCUT2D eigenvalue weighted by atomic mass is 32.1. The highest BCUT2D eigenvalue weighted by Gasteiger charge is 2.15. The second-order valence-corrected chi connectivity index (χ2v) is 5.25. The molecule has 3 nitrogen and oxygen atoms in total. The Balaban J connectivity index is 2.31. The molecule has 0 saturated carbocycles. The smallest absolute Gasteiger partial charge is 0.130 e. The summed E-state index contributed by atoms with van der Waals surface area (Å²) in [6.45, 7) is 4.05. The Morgan fingerprint density at radius 3 is 2.83 bits per heavy atom. The maximum atomic E-state index is 9.00. The van der Waals surface area contributed by atoms with Crippen LogP contribution in [0, 0.1) is 18.3 Å². The molecule has 0 aliphatic rings. The highest BCUT2D eigenvalue weighted by molar-refractivity contribution is 7.10. The van der Waals surface area contributed by atoms with Crippen LogP contribution in [0.5, 0.6) is 0 Å². The Morgan fingerprint density at radius 1 is 1.44 bits per heavy atom. The van der Waals surface area contributed by atoms with Gasteiger partial charge in [0.1, 0.15) is 5.82 Å². The van der Waals surface area contributed by atoms with E-state index in [1.165, 1.54) is 4.88 Å². The van der Waals surface area contributed by atoms with Gasteiger partial charge in [-0.25, -0.2) is 4.98 Å². The van der Waals surface area contributed by atoms with E-state index in [4.69, 9.17) is 5.26 Å². The van der Waals surface area contributed by atoms with Gasteiger partial charge in [0.2, 0.25) is 0 Å². The first-order valence-electron chi connectivity index (χ1n) is 5.77. The van der Waals surface area contributed by atoms with Gasteiger partial charge in [-0.1, -0.05) is 6.07 Å². The summed E-state index contributed by atoms with van der Waals surface area (Å²) in [7, 11) is 2.01. The van der Waals surface area contributed by atoms with Crippen molar-refractivity contribution in [1.29, 1.82) is 5.26 Å². The average Bonchev–Trinajstić information content (AvgIpc) is 2.90. The van der Waals surface area contributed by atoms with Crippen molar-refractivity contribution in [2.24, 2.45) is 0 Å². The van der Waals surface area contributed by atoms with Crippen molar-refractivity contribution in [3.63, 3.8) is 0 Å². The van der Waals surface area contributed by atoms with Crippen molar-refractivity contribution >= 4 is 17.2 Å². The van der Waals surface area contributed by atoms with Crippen LogP contribution in [-0.2, 0) is 0 Å². The molecule has 1 atom stereocenters. The summed E-state index contributed by atoms with van der Waals surface area (Å²) in [5.74, 6) is 0.840. The van der Waals surface area contributed by atoms with E-state index in [0.717, 1.165) is 11.5 Å². The van der Waals surface area contributed by atoms with Gasteiger partial charge < -0.3 is 4.90 Å². The van der Waals surface area contributed by atoms with Crippen LogP contribution in [0.15, 0.2) is 29.6 Å². The van der Waals surface area contributed by atoms with E-state index in [0.29, 0.717) is 5.56 Å². The topological polar surface area (TPSA) is 39.9 Å². The third-order valence-corrected chi connectivity index (χ3v) is 4.01. The fraction of sp³-hybridized carbons (Fsp3) is 0.286. The molecule has 0 aliphatic carbocycles. The number of nitriles is 1. The summed E-state index contributed by atoms with van der Waals surface area (Å²) in [5, 5.41) is 11.1. The Labute approximate surface area is 111 Å². The lowest BCUT2D eigenvalue weighted by molar-refractivity contribution is 0.740. The molecule has 0 radical (unpaired) electrons. The minimum Gasteiger partial charge on any atom is -0.352 e. The maximum absolute atomic E-state index is 9.00. The van der Waals surface area contributed by atoms with E-state index in [2.05, 4.69) is 40.4 Å². The van der Waals surface area contributed by atoms with Gasteiger partial charge in [0.15, 0.2) is 0 Å². The number of anilines is 1. The average molecular weight is 257 g/mol. The van der Waals surface area contributed by atoms with Gasteiger partial charge in [-0.15, -0.1) is 11.3 Å². The van der Waals surface area contributed by atoms with Gasteiger partial charge >= 0.3 is 0 Å². The predicted molar refractivity (Wildman–Crippen MR) is 74.8 cm³/mol. The molecule has 18 heavy (non-hydrogen) atoms. The fourth-order valence-electron chi connectivity index (χ4n) is 1.81. The zero-order valence-corrected chi connectivity index (χ0v) is 11.5. The van der Waals surface area contributed by atoms with Crippen LogP contribution in [0.25, 0.3) is 0 Å². The first kappa shape index (κ1) is 12.6. The lowest BCUT2D eigenvalue weighted by Gasteiger charge is -2.25. The number of hydrogen-bond donors (Lipinski definition) is 0. The minimum absolute atomic E-state index is 0.255. The zero-order valence-electron chi connectivity index (χ0n) is 10.7. The van der Waals surface area contributed by atoms with Crippen LogP contribution < -0.4 is 4.90 Å². The van der Waals surface area contributed by atoms with Crippen molar-refractivity contribution in [3.8, 4) is 6.07 Å². The summed E-state index contributed by atoms with van der Waals surface area (Å²) in [6, 6.07) is 10.2. The molecule has 2 aromatic heterocycles. The number of nitrogens with zero attached hydrogens (tertiary/aromatic N) is 3. The third-order valence-electron chi connectivity index (χ3n) is 2.97. The van der Waals surface area contributed by atoms with E-state index in [9.17, 15) is 0 Å². The van der Waals surface area contributed by atoms with Gasteiger partial charge in [-0.2, -0.15) is 5.26 Å². The van der Waals surface area contributed by atoms with Gasteiger partial charge in [0.25, 0.3) is 0 Å². The monoisotopic (exact) mass is 257 g/mol. The number of rotatable bonds is 3. The molecule has 2 heterocycles. The molecular weight excluding hydrogens is 242 g/mol. The predicted octanol–water partition coefficient (Wildman–Crippen LogP) is 3.52. The molecule has 2 rings (SSSR count). The normalized spacial score (nSPS) is 11.9. The Morgan fingerprint density at radius 2 is 2.22 bits per heavy atom. The minimum atomic E-state index is 0.255. The largest absolute Gasteiger partial charge is 0.352 e. The lowest BCUT2D eigenvalue weighted by atomic mass is 10.2. The summed E-state index contributed by atoms with van der Waals surface area (Å²) in [5.41, 5.74) is 1.53. The van der Waals surface area contributed by atoms with E-state index >= 15 is 0 Å². The highest BCUT2D eigenvalue weighted by Crippen LogP contribution is 2.27. The van der Waals surface area contributed by atoms with Crippen LogP contribution in [-0.4, -0.2) is 12.0 Å². The zero-order chi connectivity index (χ0) is 13.1.